The van der Waals surface area contributed by atoms with Crippen molar-refractivity contribution in [3.63, 3.8) is 0 Å². The van der Waals surface area contributed by atoms with E-state index in [4.69, 9.17) is 5.11 Å². The molecule has 0 aliphatic rings. The second-order valence-corrected chi connectivity index (χ2v) is 8.73. The summed E-state index contributed by atoms with van der Waals surface area (Å²) in [6, 6.07) is 3.55. The van der Waals surface area contributed by atoms with Crippen LogP contribution in [0.3, 0.4) is 0 Å². The Morgan fingerprint density at radius 2 is 1.32 bits per heavy atom. The van der Waals surface area contributed by atoms with Gasteiger partial charge in [0.05, 0.1) is 12.3 Å². The van der Waals surface area contributed by atoms with Crippen molar-refractivity contribution in [3.8, 4) is 0 Å². The molecule has 0 radical (unpaired) electrons. The number of rotatable bonds is 21. The minimum absolute atomic E-state index is 0.0402. The molecule has 0 amide bonds. The standard InChI is InChI=1S/C28H47NO2/c1-2-3-4-5-6-7-8-9-10-11-12-13-14-15-16-17-18-19-20-21-22-28(31)27-24-23-26(25-30)29-27/h6-7,9-10,23-24,29-30H,2-5,8,11-22,25H2,1H3. The summed E-state index contributed by atoms with van der Waals surface area (Å²) in [5.74, 6) is 0.161. The predicted molar refractivity (Wildman–Crippen MR) is 133 cm³/mol. The summed E-state index contributed by atoms with van der Waals surface area (Å²) < 4.78 is 0. The van der Waals surface area contributed by atoms with Crippen LogP contribution in [-0.2, 0) is 6.61 Å². The first-order valence-corrected chi connectivity index (χ1v) is 12.9. The van der Waals surface area contributed by atoms with Crippen molar-refractivity contribution in [1.29, 1.82) is 0 Å². The van der Waals surface area contributed by atoms with E-state index < -0.39 is 0 Å². The fraction of sp³-hybridized carbons (Fsp3) is 0.679. The Labute approximate surface area is 191 Å². The molecular formula is C28H47NO2. The Hall–Kier alpha value is -1.61. The van der Waals surface area contributed by atoms with Gasteiger partial charge in [0.1, 0.15) is 0 Å². The highest BCUT2D eigenvalue weighted by atomic mass is 16.3. The van der Waals surface area contributed by atoms with E-state index in [1.54, 1.807) is 12.1 Å². The van der Waals surface area contributed by atoms with Gasteiger partial charge in [0.2, 0.25) is 0 Å². The van der Waals surface area contributed by atoms with E-state index in [1.807, 2.05) is 0 Å². The van der Waals surface area contributed by atoms with Crippen molar-refractivity contribution in [2.24, 2.45) is 0 Å². The molecule has 0 atom stereocenters. The first-order valence-electron chi connectivity index (χ1n) is 12.9. The van der Waals surface area contributed by atoms with Crippen molar-refractivity contribution >= 4 is 5.78 Å². The molecule has 0 saturated heterocycles. The number of H-pyrrole nitrogens is 1. The van der Waals surface area contributed by atoms with Crippen LogP contribution < -0.4 is 0 Å². The Morgan fingerprint density at radius 1 is 0.774 bits per heavy atom. The monoisotopic (exact) mass is 429 g/mol. The average molecular weight is 430 g/mol. The van der Waals surface area contributed by atoms with Gasteiger partial charge in [-0.25, -0.2) is 0 Å². The lowest BCUT2D eigenvalue weighted by molar-refractivity contribution is 0.0974. The Kier molecular flexibility index (Phi) is 18.0. The van der Waals surface area contributed by atoms with Crippen LogP contribution in [0.4, 0.5) is 0 Å². The topological polar surface area (TPSA) is 53.1 Å². The van der Waals surface area contributed by atoms with Crippen LogP contribution in [0.5, 0.6) is 0 Å². The molecule has 0 fully saturated rings. The molecule has 1 heterocycles. The molecule has 0 aromatic carbocycles. The van der Waals surface area contributed by atoms with Crippen LogP contribution >= 0.6 is 0 Å². The molecule has 1 rings (SSSR count). The van der Waals surface area contributed by atoms with Crippen molar-refractivity contribution in [3.05, 3.63) is 47.8 Å². The average Bonchev–Trinajstić information content (AvgIpc) is 3.27. The minimum atomic E-state index is -0.0402. The fourth-order valence-electron chi connectivity index (χ4n) is 3.81. The number of carbonyl (C=O) groups is 1. The van der Waals surface area contributed by atoms with E-state index in [-0.39, 0.29) is 12.4 Å². The number of nitrogens with one attached hydrogen (secondary N) is 1. The Morgan fingerprint density at radius 3 is 1.87 bits per heavy atom. The zero-order valence-corrected chi connectivity index (χ0v) is 20.0. The summed E-state index contributed by atoms with van der Waals surface area (Å²) in [5.41, 5.74) is 1.34. The summed E-state index contributed by atoms with van der Waals surface area (Å²) in [4.78, 5) is 15.0. The minimum Gasteiger partial charge on any atom is -0.390 e. The summed E-state index contributed by atoms with van der Waals surface area (Å²) in [6.45, 7) is 2.21. The number of unbranched alkanes of at least 4 members (excludes halogenated alkanes) is 13. The zero-order valence-electron chi connectivity index (χ0n) is 20.0. The summed E-state index contributed by atoms with van der Waals surface area (Å²) >= 11 is 0. The van der Waals surface area contributed by atoms with Gasteiger partial charge in [-0.15, -0.1) is 0 Å². The number of hydrogen-bond donors (Lipinski definition) is 2. The SMILES string of the molecule is CCCCCC=CCC=CCCCCCCCCCCCCC(=O)c1ccc(CO)[nH]1. The number of aromatic amines is 1. The van der Waals surface area contributed by atoms with E-state index >= 15 is 0 Å². The first kappa shape index (κ1) is 27.4. The van der Waals surface area contributed by atoms with E-state index in [1.165, 1.54) is 83.5 Å². The van der Waals surface area contributed by atoms with Crippen LogP contribution in [0, 0.1) is 0 Å². The molecule has 3 heteroatoms. The van der Waals surface area contributed by atoms with Crippen LogP contribution in [-0.4, -0.2) is 15.9 Å². The highest BCUT2D eigenvalue weighted by Gasteiger charge is 2.07. The number of ketones is 1. The van der Waals surface area contributed by atoms with Crippen molar-refractivity contribution in [2.45, 2.75) is 123 Å². The maximum Gasteiger partial charge on any atom is 0.179 e. The maximum atomic E-state index is 12.0. The molecule has 176 valence electrons. The zero-order chi connectivity index (χ0) is 22.4. The molecule has 0 aliphatic carbocycles. The number of hydrogen-bond acceptors (Lipinski definition) is 2. The third-order valence-corrected chi connectivity index (χ3v) is 5.82. The number of aliphatic hydroxyl groups is 1. The molecule has 0 unspecified atom stereocenters. The summed E-state index contributed by atoms with van der Waals surface area (Å²) in [6.07, 6.45) is 30.2. The Bertz CT molecular complexity index is 600. The third-order valence-electron chi connectivity index (χ3n) is 5.82. The molecular weight excluding hydrogens is 382 g/mol. The largest absolute Gasteiger partial charge is 0.390 e. The van der Waals surface area contributed by atoms with Crippen LogP contribution in [0.1, 0.15) is 132 Å². The lowest BCUT2D eigenvalue weighted by Gasteiger charge is -2.02. The van der Waals surface area contributed by atoms with Crippen LogP contribution in [0.2, 0.25) is 0 Å². The van der Waals surface area contributed by atoms with Gasteiger partial charge < -0.3 is 10.1 Å². The number of Topliss-reactive ketones (excluding diaryl/α,β-unsaturated/α-hetero) is 1. The lowest BCUT2D eigenvalue weighted by atomic mass is 10.0. The van der Waals surface area contributed by atoms with Crippen LogP contribution in [0.25, 0.3) is 0 Å². The second kappa shape index (κ2) is 20.3. The summed E-state index contributed by atoms with van der Waals surface area (Å²) in [5, 5.41) is 9.04. The van der Waals surface area contributed by atoms with E-state index in [2.05, 4.69) is 36.2 Å². The third kappa shape index (κ3) is 15.8. The molecule has 0 saturated carbocycles. The summed E-state index contributed by atoms with van der Waals surface area (Å²) in [7, 11) is 0. The molecule has 3 nitrogen and oxygen atoms in total. The number of aliphatic hydroxyl groups excluding tert-OH is 1. The van der Waals surface area contributed by atoms with Crippen molar-refractivity contribution in [2.75, 3.05) is 0 Å². The fourth-order valence-corrected chi connectivity index (χ4v) is 3.81. The quantitative estimate of drug-likeness (QED) is 0.117. The normalized spacial score (nSPS) is 11.8. The first-order chi connectivity index (χ1) is 15.3. The van der Waals surface area contributed by atoms with Crippen molar-refractivity contribution < 1.29 is 9.90 Å². The van der Waals surface area contributed by atoms with Gasteiger partial charge in [0.15, 0.2) is 5.78 Å². The second-order valence-electron chi connectivity index (χ2n) is 8.73. The highest BCUT2D eigenvalue weighted by Crippen LogP contribution is 2.14. The smallest absolute Gasteiger partial charge is 0.179 e. The van der Waals surface area contributed by atoms with Gasteiger partial charge in [-0.3, -0.25) is 4.79 Å². The van der Waals surface area contributed by atoms with Crippen LogP contribution in [0.15, 0.2) is 36.4 Å². The molecule has 1 aromatic heterocycles. The van der Waals surface area contributed by atoms with E-state index in [0.717, 1.165) is 19.3 Å². The maximum absolute atomic E-state index is 12.0. The lowest BCUT2D eigenvalue weighted by Crippen LogP contribution is -1.99. The molecule has 0 aliphatic heterocycles. The van der Waals surface area contributed by atoms with E-state index in [0.29, 0.717) is 17.8 Å². The number of carbonyl (C=O) groups excluding carboxylic acids is 1. The highest BCUT2D eigenvalue weighted by molar-refractivity contribution is 5.94. The van der Waals surface area contributed by atoms with Gasteiger partial charge in [-0.2, -0.15) is 0 Å². The van der Waals surface area contributed by atoms with Gasteiger partial charge in [0.25, 0.3) is 0 Å². The molecule has 2 N–H and O–H groups in total. The van der Waals surface area contributed by atoms with Gasteiger partial charge in [0, 0.05) is 12.1 Å². The molecule has 0 spiro atoms. The van der Waals surface area contributed by atoms with Gasteiger partial charge in [-0.05, 0) is 50.7 Å². The molecule has 1 aromatic rings. The number of aromatic nitrogens is 1. The Balaban J connectivity index is 1.80. The van der Waals surface area contributed by atoms with Crippen molar-refractivity contribution in [1.82, 2.24) is 4.98 Å². The predicted octanol–water partition coefficient (Wildman–Crippen LogP) is 8.45. The number of allylic oxidation sites excluding steroid dienone is 4. The van der Waals surface area contributed by atoms with Gasteiger partial charge >= 0.3 is 0 Å². The molecule has 31 heavy (non-hydrogen) atoms. The van der Waals surface area contributed by atoms with Gasteiger partial charge in [-0.1, -0.05) is 95.4 Å². The molecule has 0 bridgehead atoms. The van der Waals surface area contributed by atoms with E-state index in [9.17, 15) is 4.79 Å².